The van der Waals surface area contributed by atoms with Crippen LogP contribution in [0.5, 0.6) is 0 Å². The average molecular weight is 323 g/mol. The Morgan fingerprint density at radius 1 is 1.22 bits per heavy atom. The van der Waals surface area contributed by atoms with Gasteiger partial charge in [-0.2, -0.15) is 0 Å². The molecule has 0 aromatic rings. The highest BCUT2D eigenvalue weighted by Crippen LogP contribution is 2.34. The second kappa shape index (κ2) is 7.75. The molecule has 5 heteroatoms. The Bertz CT molecular complexity index is 434. The lowest BCUT2D eigenvalue weighted by atomic mass is 9.81. The molecular weight excluding hydrogens is 290 g/mol. The van der Waals surface area contributed by atoms with E-state index in [0.717, 1.165) is 51.2 Å². The van der Waals surface area contributed by atoms with Gasteiger partial charge in [0.15, 0.2) is 0 Å². The minimum atomic E-state index is -0.460. The molecule has 5 nitrogen and oxygen atoms in total. The minimum Gasteiger partial charge on any atom is -0.379 e. The van der Waals surface area contributed by atoms with E-state index in [2.05, 4.69) is 24.5 Å². The van der Waals surface area contributed by atoms with Crippen LogP contribution in [0.25, 0.3) is 0 Å². The van der Waals surface area contributed by atoms with Crippen molar-refractivity contribution in [2.75, 3.05) is 19.7 Å². The summed E-state index contributed by atoms with van der Waals surface area (Å²) in [4.78, 5) is 17.2. The summed E-state index contributed by atoms with van der Waals surface area (Å²) in [7, 11) is 0. The van der Waals surface area contributed by atoms with Crippen LogP contribution in [0, 0.1) is 11.8 Å². The molecule has 1 aliphatic carbocycles. The highest BCUT2D eigenvalue weighted by molar-refractivity contribution is 6.09. The maximum Gasteiger partial charge on any atom is 0.253 e. The van der Waals surface area contributed by atoms with E-state index in [4.69, 9.17) is 9.73 Å². The second-order valence-electron chi connectivity index (χ2n) is 7.33. The first-order valence-corrected chi connectivity index (χ1v) is 8.82. The van der Waals surface area contributed by atoms with Crippen LogP contribution < -0.4 is 10.6 Å². The predicted molar refractivity (Wildman–Crippen MR) is 93.7 cm³/mol. The van der Waals surface area contributed by atoms with Gasteiger partial charge >= 0.3 is 0 Å². The Hall–Kier alpha value is -0.940. The lowest BCUT2D eigenvalue weighted by Gasteiger charge is -2.29. The molecule has 132 valence electrons. The van der Waals surface area contributed by atoms with Gasteiger partial charge in [0.1, 0.15) is 11.4 Å². The van der Waals surface area contributed by atoms with Crippen LogP contribution in [0.1, 0.15) is 59.8 Å². The summed E-state index contributed by atoms with van der Waals surface area (Å²) in [5.41, 5.74) is -0.460. The number of carbonyl (C=O) groups is 1. The van der Waals surface area contributed by atoms with Crippen LogP contribution in [0.3, 0.4) is 0 Å². The molecule has 2 fully saturated rings. The number of amides is 1. The van der Waals surface area contributed by atoms with Crippen molar-refractivity contribution >= 4 is 11.7 Å². The summed E-state index contributed by atoms with van der Waals surface area (Å²) < 4.78 is 5.74. The fourth-order valence-electron chi connectivity index (χ4n) is 3.85. The molecular formula is C18H33N3O2. The number of ether oxygens (including phenoxy) is 1. The molecule has 0 atom stereocenters. The van der Waals surface area contributed by atoms with E-state index in [9.17, 15) is 4.79 Å². The number of carbonyl (C=O) groups excluding carboxylic acids is 1. The molecule has 2 aliphatic heterocycles. The van der Waals surface area contributed by atoms with Crippen molar-refractivity contribution in [2.45, 2.75) is 71.4 Å². The first kappa shape index (κ1) is 18.4. The van der Waals surface area contributed by atoms with Gasteiger partial charge in [-0.25, -0.2) is 0 Å². The summed E-state index contributed by atoms with van der Waals surface area (Å²) in [5.74, 6) is 2.21. The molecule has 0 aromatic heterocycles. The summed E-state index contributed by atoms with van der Waals surface area (Å²) in [5, 5.41) is 6.42. The number of amidine groups is 1. The third kappa shape index (κ3) is 4.13. The van der Waals surface area contributed by atoms with Crippen molar-refractivity contribution in [3.63, 3.8) is 0 Å². The van der Waals surface area contributed by atoms with Crippen LogP contribution in [-0.2, 0) is 9.53 Å². The Balaban J connectivity index is 0.00000192. The molecule has 1 saturated heterocycles. The number of nitrogens with one attached hydrogen (secondary N) is 2. The first-order chi connectivity index (χ1) is 10.6. The highest BCUT2D eigenvalue weighted by atomic mass is 16.5. The Morgan fingerprint density at radius 2 is 1.87 bits per heavy atom. The number of hydrogen-bond acceptors (Lipinski definition) is 4. The molecule has 0 radical (unpaired) electrons. The van der Waals surface area contributed by atoms with Gasteiger partial charge in [0.05, 0.1) is 6.10 Å². The van der Waals surface area contributed by atoms with Gasteiger partial charge in [-0.15, -0.1) is 0 Å². The lowest BCUT2D eigenvalue weighted by Crippen LogP contribution is -2.47. The molecule has 1 amide bonds. The minimum absolute atomic E-state index is 0. The molecule has 2 N–H and O–H groups in total. The van der Waals surface area contributed by atoms with Crippen LogP contribution >= 0.6 is 0 Å². The molecule has 0 bridgehead atoms. The standard InChI is InChI=1S/C17H29N3O2.CH4/c1-12(2)22-11-13-3-5-14(6-4-13)15-19-16(21)17(20-15)7-9-18-10-8-17;/h12-14,18H,3-11H2,1-2H3,(H,19,20,21);1H4. The summed E-state index contributed by atoms with van der Waals surface area (Å²) >= 11 is 0. The Kier molecular flexibility index (Phi) is 6.20. The average Bonchev–Trinajstić information content (AvgIpc) is 2.83. The van der Waals surface area contributed by atoms with E-state index >= 15 is 0 Å². The van der Waals surface area contributed by atoms with Crippen LogP contribution in [0.4, 0.5) is 0 Å². The van der Waals surface area contributed by atoms with E-state index < -0.39 is 5.54 Å². The fraction of sp³-hybridized carbons (Fsp3) is 0.889. The molecule has 1 spiro atoms. The zero-order chi connectivity index (χ0) is 15.6. The van der Waals surface area contributed by atoms with Crippen molar-refractivity contribution in [3.05, 3.63) is 0 Å². The van der Waals surface area contributed by atoms with Crippen LogP contribution in [0.2, 0.25) is 0 Å². The van der Waals surface area contributed by atoms with E-state index in [-0.39, 0.29) is 13.3 Å². The Morgan fingerprint density at radius 3 is 2.48 bits per heavy atom. The SMILES string of the molecule is C.CC(C)OCC1CCC(C2=NC3(CCNCC3)C(=O)N2)CC1. The van der Waals surface area contributed by atoms with E-state index in [0.29, 0.717) is 17.9 Å². The van der Waals surface area contributed by atoms with Gasteiger partial charge in [0.25, 0.3) is 5.91 Å². The zero-order valence-electron chi connectivity index (χ0n) is 13.9. The van der Waals surface area contributed by atoms with E-state index in [1.54, 1.807) is 0 Å². The number of hydrogen-bond donors (Lipinski definition) is 2. The summed E-state index contributed by atoms with van der Waals surface area (Å²) in [6.07, 6.45) is 6.59. The molecule has 3 rings (SSSR count). The zero-order valence-corrected chi connectivity index (χ0v) is 13.9. The number of nitrogens with zero attached hydrogens (tertiary/aromatic N) is 1. The third-order valence-corrected chi connectivity index (χ3v) is 5.33. The van der Waals surface area contributed by atoms with Gasteiger partial charge in [-0.1, -0.05) is 7.43 Å². The molecule has 1 saturated carbocycles. The maximum atomic E-state index is 12.4. The third-order valence-electron chi connectivity index (χ3n) is 5.33. The van der Waals surface area contributed by atoms with Crippen molar-refractivity contribution in [1.29, 1.82) is 0 Å². The lowest BCUT2D eigenvalue weighted by molar-refractivity contribution is -0.124. The van der Waals surface area contributed by atoms with Crippen LogP contribution in [-0.4, -0.2) is 43.1 Å². The molecule has 2 heterocycles. The number of piperidine rings is 1. The molecule has 0 aromatic carbocycles. The molecule has 3 aliphatic rings. The van der Waals surface area contributed by atoms with Crippen molar-refractivity contribution in [3.8, 4) is 0 Å². The maximum absolute atomic E-state index is 12.4. The topological polar surface area (TPSA) is 62.7 Å². The smallest absolute Gasteiger partial charge is 0.253 e. The van der Waals surface area contributed by atoms with Gasteiger partial charge in [0.2, 0.25) is 0 Å². The molecule has 0 unspecified atom stereocenters. The largest absolute Gasteiger partial charge is 0.379 e. The number of aliphatic imine (C=N–C) groups is 1. The normalized spacial score (nSPS) is 30.0. The van der Waals surface area contributed by atoms with Crippen molar-refractivity contribution < 1.29 is 9.53 Å². The van der Waals surface area contributed by atoms with Crippen molar-refractivity contribution in [1.82, 2.24) is 10.6 Å². The summed E-state index contributed by atoms with van der Waals surface area (Å²) in [6.45, 7) is 6.84. The fourth-order valence-corrected chi connectivity index (χ4v) is 3.85. The second-order valence-corrected chi connectivity index (χ2v) is 7.33. The van der Waals surface area contributed by atoms with Gasteiger partial charge in [-0.05, 0) is 71.4 Å². The predicted octanol–water partition coefficient (Wildman–Crippen LogP) is 2.50. The quantitative estimate of drug-likeness (QED) is 0.835. The van der Waals surface area contributed by atoms with E-state index in [1.807, 2.05) is 0 Å². The highest BCUT2D eigenvalue weighted by Gasteiger charge is 2.45. The number of rotatable bonds is 4. The van der Waals surface area contributed by atoms with Crippen LogP contribution in [0.15, 0.2) is 4.99 Å². The van der Waals surface area contributed by atoms with Crippen molar-refractivity contribution in [2.24, 2.45) is 16.8 Å². The van der Waals surface area contributed by atoms with Gasteiger partial charge in [0, 0.05) is 12.5 Å². The first-order valence-electron chi connectivity index (χ1n) is 8.82. The van der Waals surface area contributed by atoms with Gasteiger partial charge < -0.3 is 15.4 Å². The summed E-state index contributed by atoms with van der Waals surface area (Å²) in [6, 6.07) is 0. The van der Waals surface area contributed by atoms with E-state index in [1.165, 1.54) is 12.8 Å². The van der Waals surface area contributed by atoms with Gasteiger partial charge in [-0.3, -0.25) is 9.79 Å². The monoisotopic (exact) mass is 323 g/mol. The Labute approximate surface area is 140 Å². The molecule has 23 heavy (non-hydrogen) atoms.